The van der Waals surface area contributed by atoms with Crippen LogP contribution in [0.25, 0.3) is 10.9 Å². The van der Waals surface area contributed by atoms with E-state index in [1.165, 1.54) is 0 Å². The summed E-state index contributed by atoms with van der Waals surface area (Å²) in [7, 11) is 0. The first-order valence-corrected chi connectivity index (χ1v) is 8.32. The van der Waals surface area contributed by atoms with Crippen molar-refractivity contribution < 1.29 is 4.79 Å². The Morgan fingerprint density at radius 1 is 1.13 bits per heavy atom. The molecule has 0 saturated carbocycles. The highest BCUT2D eigenvalue weighted by atomic mass is 79.9. The number of carbonyl (C=O) groups is 1. The minimum Gasteiger partial charge on any atom is -0.324 e. The van der Waals surface area contributed by atoms with E-state index in [9.17, 15) is 4.79 Å². The van der Waals surface area contributed by atoms with Crippen LogP contribution in [0.15, 0.2) is 65.3 Å². The van der Waals surface area contributed by atoms with Crippen molar-refractivity contribution in [2.75, 3.05) is 5.32 Å². The van der Waals surface area contributed by atoms with Gasteiger partial charge in [0.15, 0.2) is 0 Å². The number of anilines is 1. The van der Waals surface area contributed by atoms with E-state index in [0.717, 1.165) is 26.6 Å². The number of halogens is 1. The maximum absolute atomic E-state index is 12.4. The molecule has 0 aliphatic heterocycles. The number of pyridine rings is 1. The van der Waals surface area contributed by atoms with E-state index in [1.807, 2.05) is 54.6 Å². The molecule has 1 heterocycles. The normalized spacial score (nSPS) is 12.1. The molecule has 4 heteroatoms. The molecule has 0 radical (unpaired) electrons. The SMILES string of the molecule is C[C@@H](CC(=O)Nc1cccc2cccnc12)c1ccc(Br)cc1. The van der Waals surface area contributed by atoms with Crippen molar-refractivity contribution in [3.63, 3.8) is 0 Å². The summed E-state index contributed by atoms with van der Waals surface area (Å²) in [6.07, 6.45) is 2.17. The Hall–Kier alpha value is -2.20. The third-order valence-electron chi connectivity index (χ3n) is 3.84. The topological polar surface area (TPSA) is 42.0 Å². The second-order valence-corrected chi connectivity index (χ2v) is 6.50. The highest BCUT2D eigenvalue weighted by Crippen LogP contribution is 2.24. The van der Waals surface area contributed by atoms with Crippen molar-refractivity contribution in [1.29, 1.82) is 0 Å². The molecular weight excluding hydrogens is 352 g/mol. The lowest BCUT2D eigenvalue weighted by Gasteiger charge is -2.13. The summed E-state index contributed by atoms with van der Waals surface area (Å²) in [6, 6.07) is 17.8. The summed E-state index contributed by atoms with van der Waals surface area (Å²) in [6.45, 7) is 2.06. The van der Waals surface area contributed by atoms with Gasteiger partial charge in [0, 0.05) is 22.5 Å². The third kappa shape index (κ3) is 3.77. The summed E-state index contributed by atoms with van der Waals surface area (Å²) in [5.74, 6) is 0.157. The van der Waals surface area contributed by atoms with Crippen molar-refractivity contribution in [2.45, 2.75) is 19.3 Å². The molecule has 2 aromatic carbocycles. The molecule has 0 aliphatic rings. The molecule has 3 rings (SSSR count). The second kappa shape index (κ2) is 6.92. The van der Waals surface area contributed by atoms with Crippen LogP contribution >= 0.6 is 15.9 Å². The van der Waals surface area contributed by atoms with Crippen molar-refractivity contribution in [3.8, 4) is 0 Å². The Labute approximate surface area is 143 Å². The molecule has 116 valence electrons. The lowest BCUT2D eigenvalue weighted by Crippen LogP contribution is -2.14. The van der Waals surface area contributed by atoms with Gasteiger partial charge in [-0.2, -0.15) is 0 Å². The van der Waals surface area contributed by atoms with Crippen molar-refractivity contribution in [1.82, 2.24) is 4.98 Å². The molecule has 1 aromatic heterocycles. The van der Waals surface area contributed by atoms with Crippen LogP contribution in [0, 0.1) is 0 Å². The Kier molecular flexibility index (Phi) is 4.72. The van der Waals surface area contributed by atoms with E-state index in [-0.39, 0.29) is 11.8 Å². The number of fused-ring (bicyclic) bond motifs is 1. The minimum absolute atomic E-state index is 0.00132. The summed E-state index contributed by atoms with van der Waals surface area (Å²) < 4.78 is 1.04. The van der Waals surface area contributed by atoms with Crippen LogP contribution < -0.4 is 5.32 Å². The number of carbonyl (C=O) groups excluding carboxylic acids is 1. The van der Waals surface area contributed by atoms with Crippen LogP contribution in [0.1, 0.15) is 24.8 Å². The average Bonchev–Trinajstić information content (AvgIpc) is 2.55. The average molecular weight is 369 g/mol. The monoisotopic (exact) mass is 368 g/mol. The number of para-hydroxylation sites is 1. The van der Waals surface area contributed by atoms with Crippen molar-refractivity contribution >= 4 is 38.4 Å². The quantitative estimate of drug-likeness (QED) is 0.693. The van der Waals surface area contributed by atoms with Crippen LogP contribution in [0.5, 0.6) is 0 Å². The number of amides is 1. The fraction of sp³-hybridized carbons (Fsp3) is 0.158. The molecule has 0 aliphatic carbocycles. The van der Waals surface area contributed by atoms with Crippen LogP contribution in [-0.4, -0.2) is 10.9 Å². The summed E-state index contributed by atoms with van der Waals surface area (Å²) in [5, 5.41) is 4.01. The summed E-state index contributed by atoms with van der Waals surface area (Å²) in [4.78, 5) is 16.7. The predicted molar refractivity (Wildman–Crippen MR) is 97.5 cm³/mol. The van der Waals surface area contributed by atoms with Crippen molar-refractivity contribution in [3.05, 3.63) is 70.8 Å². The zero-order valence-electron chi connectivity index (χ0n) is 12.8. The Balaban J connectivity index is 1.72. The van der Waals surface area contributed by atoms with Gasteiger partial charge >= 0.3 is 0 Å². The predicted octanol–water partition coefficient (Wildman–Crippen LogP) is 5.13. The van der Waals surface area contributed by atoms with Gasteiger partial charge < -0.3 is 5.32 Å². The van der Waals surface area contributed by atoms with Crippen LogP contribution in [0.2, 0.25) is 0 Å². The maximum atomic E-state index is 12.4. The van der Waals surface area contributed by atoms with Crippen LogP contribution in [0.3, 0.4) is 0 Å². The minimum atomic E-state index is -0.00132. The molecular formula is C19H17BrN2O. The second-order valence-electron chi connectivity index (χ2n) is 5.59. The Morgan fingerprint density at radius 3 is 2.65 bits per heavy atom. The third-order valence-corrected chi connectivity index (χ3v) is 4.37. The van der Waals surface area contributed by atoms with Gasteiger partial charge in [-0.15, -0.1) is 0 Å². The fourth-order valence-electron chi connectivity index (χ4n) is 2.59. The number of aromatic nitrogens is 1. The van der Waals surface area contributed by atoms with Gasteiger partial charge in [0.25, 0.3) is 0 Å². The van der Waals surface area contributed by atoms with E-state index in [2.05, 4.69) is 33.2 Å². The van der Waals surface area contributed by atoms with Crippen molar-refractivity contribution in [2.24, 2.45) is 0 Å². The van der Waals surface area contributed by atoms with Gasteiger partial charge in [0.1, 0.15) is 0 Å². The lowest BCUT2D eigenvalue weighted by molar-refractivity contribution is -0.116. The fourth-order valence-corrected chi connectivity index (χ4v) is 2.86. The number of benzene rings is 2. The van der Waals surface area contributed by atoms with E-state index in [4.69, 9.17) is 0 Å². The first-order valence-electron chi connectivity index (χ1n) is 7.52. The largest absolute Gasteiger partial charge is 0.324 e. The Morgan fingerprint density at radius 2 is 1.87 bits per heavy atom. The molecule has 0 saturated heterocycles. The summed E-state index contributed by atoms with van der Waals surface area (Å²) in [5.41, 5.74) is 2.73. The molecule has 1 amide bonds. The van der Waals surface area contributed by atoms with Gasteiger partial charge in [-0.1, -0.05) is 53.2 Å². The van der Waals surface area contributed by atoms with E-state index >= 15 is 0 Å². The number of nitrogens with zero attached hydrogens (tertiary/aromatic N) is 1. The number of rotatable bonds is 4. The highest BCUT2D eigenvalue weighted by Gasteiger charge is 2.12. The smallest absolute Gasteiger partial charge is 0.225 e. The molecule has 1 N–H and O–H groups in total. The van der Waals surface area contributed by atoms with Gasteiger partial charge in [-0.05, 0) is 35.7 Å². The molecule has 3 nitrogen and oxygen atoms in total. The first-order chi connectivity index (χ1) is 11.1. The highest BCUT2D eigenvalue weighted by molar-refractivity contribution is 9.10. The number of nitrogens with one attached hydrogen (secondary N) is 1. The van der Waals surface area contributed by atoms with E-state index in [1.54, 1.807) is 6.20 Å². The number of hydrogen-bond donors (Lipinski definition) is 1. The first kappa shape index (κ1) is 15.7. The zero-order valence-corrected chi connectivity index (χ0v) is 14.4. The molecule has 3 aromatic rings. The molecule has 0 spiro atoms. The molecule has 0 unspecified atom stereocenters. The summed E-state index contributed by atoms with van der Waals surface area (Å²) >= 11 is 3.43. The molecule has 0 bridgehead atoms. The Bertz CT molecular complexity index is 825. The van der Waals surface area contributed by atoms with Crippen LogP contribution in [0.4, 0.5) is 5.69 Å². The van der Waals surface area contributed by atoms with Gasteiger partial charge in [0.05, 0.1) is 11.2 Å². The maximum Gasteiger partial charge on any atom is 0.225 e. The van der Waals surface area contributed by atoms with Gasteiger partial charge in [-0.3, -0.25) is 9.78 Å². The van der Waals surface area contributed by atoms with Gasteiger partial charge in [-0.25, -0.2) is 0 Å². The van der Waals surface area contributed by atoms with Gasteiger partial charge in [0.2, 0.25) is 5.91 Å². The molecule has 0 fully saturated rings. The number of hydrogen-bond acceptors (Lipinski definition) is 2. The van der Waals surface area contributed by atoms with E-state index < -0.39 is 0 Å². The molecule has 23 heavy (non-hydrogen) atoms. The van der Waals surface area contributed by atoms with Crippen LogP contribution in [-0.2, 0) is 4.79 Å². The van der Waals surface area contributed by atoms with E-state index in [0.29, 0.717) is 6.42 Å². The standard InChI is InChI=1S/C19H17BrN2O/c1-13(14-7-9-16(20)10-8-14)12-18(23)22-17-6-2-4-15-5-3-11-21-19(15)17/h2-11,13H,12H2,1H3,(H,22,23)/t13-/m0/s1. The molecule has 1 atom stereocenters. The lowest BCUT2D eigenvalue weighted by atomic mass is 9.97. The zero-order chi connectivity index (χ0) is 16.2.